The van der Waals surface area contributed by atoms with Crippen molar-refractivity contribution in [2.75, 3.05) is 7.11 Å². The number of carbonyl (C=O) groups is 2. The smallest absolute Gasteiger partial charge is 0.311 e. The van der Waals surface area contributed by atoms with Crippen molar-refractivity contribution in [2.24, 2.45) is 10.8 Å². The number of esters is 1. The Labute approximate surface area is 122 Å². The van der Waals surface area contributed by atoms with E-state index in [4.69, 9.17) is 4.74 Å². The van der Waals surface area contributed by atoms with Crippen LogP contribution in [0.4, 0.5) is 0 Å². The molecule has 3 saturated carbocycles. The maximum absolute atomic E-state index is 12.7. The van der Waals surface area contributed by atoms with Gasteiger partial charge in [-0.3, -0.25) is 9.59 Å². The third kappa shape index (κ3) is 1.54. The lowest BCUT2D eigenvalue weighted by Gasteiger charge is -2.67. The Morgan fingerprint density at radius 1 is 0.952 bits per heavy atom. The van der Waals surface area contributed by atoms with Gasteiger partial charge >= 0.3 is 5.97 Å². The highest BCUT2D eigenvalue weighted by Crippen LogP contribution is 2.74. The van der Waals surface area contributed by atoms with Crippen molar-refractivity contribution < 1.29 is 14.3 Å². The van der Waals surface area contributed by atoms with Crippen molar-refractivity contribution in [3.05, 3.63) is 48.0 Å². The molecule has 106 valence electrons. The van der Waals surface area contributed by atoms with Crippen molar-refractivity contribution in [2.45, 2.75) is 19.3 Å². The SMILES string of the molecule is COC(=O)C12CC(C(=O)c3ccc4ccccc4c3)(C1)C2. The molecule has 0 radical (unpaired) electrons. The first-order valence-electron chi connectivity index (χ1n) is 7.21. The van der Waals surface area contributed by atoms with Gasteiger partial charge in [0.1, 0.15) is 0 Å². The van der Waals surface area contributed by atoms with E-state index in [9.17, 15) is 9.59 Å². The van der Waals surface area contributed by atoms with E-state index >= 15 is 0 Å². The molecular formula is C18H16O3. The topological polar surface area (TPSA) is 43.4 Å². The third-order valence-electron chi connectivity index (χ3n) is 5.14. The van der Waals surface area contributed by atoms with Gasteiger partial charge in [0.25, 0.3) is 0 Å². The average Bonchev–Trinajstić information content (AvgIpc) is 2.43. The van der Waals surface area contributed by atoms with Crippen molar-refractivity contribution in [1.29, 1.82) is 0 Å². The molecule has 0 spiro atoms. The number of hydrogen-bond donors (Lipinski definition) is 0. The lowest BCUT2D eigenvalue weighted by molar-refractivity contribution is -0.207. The minimum atomic E-state index is -0.360. The van der Waals surface area contributed by atoms with Crippen LogP contribution in [0.2, 0.25) is 0 Å². The van der Waals surface area contributed by atoms with E-state index in [2.05, 4.69) is 0 Å². The second-order valence-electron chi connectivity index (χ2n) is 6.47. The Balaban J connectivity index is 1.60. The standard InChI is InChI=1S/C18H16O3/c1-21-16(20)18-9-17(10-18,11-18)15(19)14-7-6-12-4-2-3-5-13(12)8-14/h2-8H,9-11H2,1H3. The predicted molar refractivity (Wildman–Crippen MR) is 79.0 cm³/mol. The number of carbonyl (C=O) groups excluding carboxylic acids is 2. The molecule has 2 bridgehead atoms. The summed E-state index contributed by atoms with van der Waals surface area (Å²) in [5, 5.41) is 2.22. The molecule has 21 heavy (non-hydrogen) atoms. The van der Waals surface area contributed by atoms with E-state index in [1.54, 1.807) is 0 Å². The fraction of sp³-hybridized carbons (Fsp3) is 0.333. The number of fused-ring (bicyclic) bond motifs is 1. The molecule has 0 aromatic heterocycles. The Hall–Kier alpha value is -2.16. The van der Waals surface area contributed by atoms with Crippen LogP contribution < -0.4 is 0 Å². The van der Waals surface area contributed by atoms with Gasteiger partial charge < -0.3 is 4.74 Å². The number of methoxy groups -OCH3 is 1. The molecule has 3 nitrogen and oxygen atoms in total. The van der Waals surface area contributed by atoms with Crippen molar-refractivity contribution in [3.63, 3.8) is 0 Å². The zero-order valence-corrected chi connectivity index (χ0v) is 11.9. The number of rotatable bonds is 3. The van der Waals surface area contributed by atoms with Gasteiger partial charge in [-0.2, -0.15) is 0 Å². The van der Waals surface area contributed by atoms with Gasteiger partial charge in [0.2, 0.25) is 0 Å². The van der Waals surface area contributed by atoms with Crippen LogP contribution >= 0.6 is 0 Å². The quantitative estimate of drug-likeness (QED) is 0.639. The van der Waals surface area contributed by atoms with Crippen molar-refractivity contribution in [1.82, 2.24) is 0 Å². The van der Waals surface area contributed by atoms with Gasteiger partial charge in [-0.25, -0.2) is 0 Å². The number of benzene rings is 2. The molecule has 2 aromatic rings. The van der Waals surface area contributed by atoms with Crippen LogP contribution in [0.25, 0.3) is 10.8 Å². The van der Waals surface area contributed by atoms with Gasteiger partial charge in [-0.15, -0.1) is 0 Å². The van der Waals surface area contributed by atoms with Crippen LogP contribution in [0.5, 0.6) is 0 Å². The van der Waals surface area contributed by atoms with Gasteiger partial charge in [0.15, 0.2) is 5.78 Å². The van der Waals surface area contributed by atoms with E-state index in [0.717, 1.165) is 16.3 Å². The number of ketones is 1. The molecule has 3 aliphatic carbocycles. The normalized spacial score (nSPS) is 29.4. The molecule has 0 saturated heterocycles. The van der Waals surface area contributed by atoms with Crippen LogP contribution in [0, 0.1) is 10.8 Å². The van der Waals surface area contributed by atoms with Crippen molar-refractivity contribution >= 4 is 22.5 Å². The molecule has 2 aromatic carbocycles. The lowest BCUT2D eigenvalue weighted by Crippen LogP contribution is -2.68. The molecule has 5 rings (SSSR count). The van der Waals surface area contributed by atoms with Crippen LogP contribution in [-0.4, -0.2) is 18.9 Å². The molecule has 3 aliphatic rings. The Bertz CT molecular complexity index is 755. The summed E-state index contributed by atoms with van der Waals surface area (Å²) in [7, 11) is 1.42. The van der Waals surface area contributed by atoms with Gasteiger partial charge in [0.05, 0.1) is 12.5 Å². The fourth-order valence-corrected chi connectivity index (χ4v) is 4.10. The van der Waals surface area contributed by atoms with Gasteiger partial charge in [-0.1, -0.05) is 36.4 Å². The van der Waals surface area contributed by atoms with Crippen LogP contribution in [0.15, 0.2) is 42.5 Å². The first kappa shape index (κ1) is 12.6. The maximum atomic E-state index is 12.7. The zero-order valence-electron chi connectivity index (χ0n) is 11.9. The summed E-state index contributed by atoms with van der Waals surface area (Å²) in [6.07, 6.45) is 1.95. The molecule has 0 amide bonds. The Kier molecular flexibility index (Phi) is 2.36. The number of Topliss-reactive ketones (excluding diaryl/α,β-unsaturated/α-hetero) is 1. The van der Waals surface area contributed by atoms with Crippen LogP contribution in [-0.2, 0) is 9.53 Å². The minimum Gasteiger partial charge on any atom is -0.469 e. The molecule has 0 aliphatic heterocycles. The van der Waals surface area contributed by atoms with Crippen LogP contribution in [0.3, 0.4) is 0 Å². The highest BCUT2D eigenvalue weighted by atomic mass is 16.5. The van der Waals surface area contributed by atoms with Gasteiger partial charge in [0, 0.05) is 11.0 Å². The monoisotopic (exact) mass is 280 g/mol. The third-order valence-corrected chi connectivity index (χ3v) is 5.14. The van der Waals surface area contributed by atoms with Crippen LogP contribution in [0.1, 0.15) is 29.6 Å². The summed E-state index contributed by atoms with van der Waals surface area (Å²) in [4.78, 5) is 24.4. The van der Waals surface area contributed by atoms with E-state index in [0.29, 0.717) is 19.3 Å². The molecule has 0 unspecified atom stereocenters. The lowest BCUT2D eigenvalue weighted by atomic mass is 9.33. The average molecular weight is 280 g/mol. The van der Waals surface area contributed by atoms with E-state index in [1.807, 2.05) is 42.5 Å². The molecule has 3 fully saturated rings. The number of hydrogen-bond acceptors (Lipinski definition) is 3. The van der Waals surface area contributed by atoms with E-state index in [-0.39, 0.29) is 22.6 Å². The second kappa shape index (κ2) is 3.94. The summed E-state index contributed by atoms with van der Waals surface area (Å²) >= 11 is 0. The number of ether oxygens (including phenoxy) is 1. The summed E-state index contributed by atoms with van der Waals surface area (Å²) in [5.41, 5.74) is 0.0876. The summed E-state index contributed by atoms with van der Waals surface area (Å²) < 4.78 is 4.83. The van der Waals surface area contributed by atoms with Gasteiger partial charge in [-0.05, 0) is 36.1 Å². The molecular weight excluding hydrogens is 264 g/mol. The second-order valence-corrected chi connectivity index (χ2v) is 6.47. The minimum absolute atomic E-state index is 0.157. The maximum Gasteiger partial charge on any atom is 0.311 e. The first-order chi connectivity index (χ1) is 10.1. The van der Waals surface area contributed by atoms with E-state index in [1.165, 1.54) is 7.11 Å². The molecule has 0 atom stereocenters. The van der Waals surface area contributed by atoms with E-state index < -0.39 is 0 Å². The molecule has 3 heteroatoms. The van der Waals surface area contributed by atoms with Crippen molar-refractivity contribution in [3.8, 4) is 0 Å². The summed E-state index contributed by atoms with van der Waals surface area (Å²) in [6.45, 7) is 0. The molecule has 0 N–H and O–H groups in total. The Morgan fingerprint density at radius 2 is 1.62 bits per heavy atom. The first-order valence-corrected chi connectivity index (χ1v) is 7.21. The molecule has 0 heterocycles. The summed E-state index contributed by atoms with van der Waals surface area (Å²) in [6, 6.07) is 13.9. The zero-order chi connectivity index (χ0) is 14.7. The largest absolute Gasteiger partial charge is 0.469 e. The highest BCUT2D eigenvalue weighted by molar-refractivity contribution is 6.07. The Morgan fingerprint density at radius 3 is 2.29 bits per heavy atom. The fourth-order valence-electron chi connectivity index (χ4n) is 4.10. The predicted octanol–water partition coefficient (Wildman–Crippen LogP) is 3.37. The summed E-state index contributed by atoms with van der Waals surface area (Å²) in [5.74, 6) is 0.0229. The highest BCUT2D eigenvalue weighted by Gasteiger charge is 2.75.